The van der Waals surface area contributed by atoms with Crippen molar-refractivity contribution in [3.05, 3.63) is 174 Å². The molecule has 3 heterocycles. The third-order valence-electron chi connectivity index (χ3n) is 8.90. The van der Waals surface area contributed by atoms with Crippen molar-refractivity contribution in [3.63, 3.8) is 0 Å². The van der Waals surface area contributed by atoms with E-state index in [9.17, 15) is 4.79 Å². The van der Waals surface area contributed by atoms with Crippen molar-refractivity contribution in [2.24, 2.45) is 0 Å². The number of benzene rings is 6. The van der Waals surface area contributed by atoms with Crippen LogP contribution in [0.5, 0.6) is 0 Å². The fraction of sp³-hybridized carbons (Fsp3) is 0. The van der Waals surface area contributed by atoms with Gasteiger partial charge in [-0.3, -0.25) is 4.79 Å². The van der Waals surface area contributed by atoms with Crippen molar-refractivity contribution in [1.82, 2.24) is 13.9 Å². The summed E-state index contributed by atoms with van der Waals surface area (Å²) in [5.41, 5.74) is 11.3. The molecule has 6 aromatic carbocycles. The van der Waals surface area contributed by atoms with E-state index < -0.39 is 0 Å². The molecule has 6 heteroatoms. The smallest absolute Gasteiger partial charge is 0.197 e. The van der Waals surface area contributed by atoms with Crippen LogP contribution in [0.25, 0.3) is 55.0 Å². The summed E-state index contributed by atoms with van der Waals surface area (Å²) in [6.07, 6.45) is 0. The van der Waals surface area contributed by atoms with E-state index in [0.29, 0.717) is 16.6 Å². The highest BCUT2D eigenvalue weighted by Gasteiger charge is 2.26. The van der Waals surface area contributed by atoms with E-state index in [2.05, 4.69) is 101 Å². The fourth-order valence-corrected chi connectivity index (χ4v) is 7.33. The average molecular weight is 623 g/mol. The van der Waals surface area contributed by atoms with Gasteiger partial charge in [0.25, 0.3) is 0 Å². The van der Waals surface area contributed by atoms with Crippen LogP contribution in [0.3, 0.4) is 0 Å². The molecule has 0 saturated carbocycles. The predicted molar refractivity (Wildman–Crippen MR) is 194 cm³/mol. The number of aromatic nitrogens is 3. The van der Waals surface area contributed by atoms with Crippen LogP contribution < -0.4 is 10.3 Å². The van der Waals surface area contributed by atoms with Crippen molar-refractivity contribution in [2.45, 2.75) is 0 Å². The first kappa shape index (κ1) is 27.2. The summed E-state index contributed by atoms with van der Waals surface area (Å²) in [4.78, 5) is 20.4. The normalized spacial score (nSPS) is 12.3. The lowest BCUT2D eigenvalue weighted by atomic mass is 9.91. The van der Waals surface area contributed by atoms with Crippen molar-refractivity contribution >= 4 is 56.0 Å². The first-order valence-corrected chi connectivity index (χ1v) is 16.2. The molecule has 8 aromatic rings. The van der Waals surface area contributed by atoms with Gasteiger partial charge in [-0.1, -0.05) is 67.2 Å². The van der Waals surface area contributed by atoms with Crippen LogP contribution >= 0.6 is 11.5 Å². The third kappa shape index (κ3) is 4.34. The fourth-order valence-electron chi connectivity index (χ4n) is 6.65. The first-order valence-electron chi connectivity index (χ1n) is 15.4. The Labute approximate surface area is 275 Å². The van der Waals surface area contributed by atoms with Gasteiger partial charge in [0.05, 0.1) is 22.4 Å². The number of hydrogen-bond donors (Lipinski definition) is 0. The number of para-hydroxylation sites is 4. The van der Waals surface area contributed by atoms with Crippen LogP contribution in [-0.4, -0.2) is 13.9 Å². The summed E-state index contributed by atoms with van der Waals surface area (Å²) >= 11 is 1.40. The second-order valence-corrected chi connectivity index (χ2v) is 12.3. The highest BCUT2D eigenvalue weighted by atomic mass is 32.1. The summed E-state index contributed by atoms with van der Waals surface area (Å²) < 4.78 is 6.86. The van der Waals surface area contributed by atoms with Crippen LogP contribution in [0.15, 0.2) is 157 Å². The Hall–Kier alpha value is -6.11. The second kappa shape index (κ2) is 10.8. The Balaban J connectivity index is 1.04. The minimum Gasteiger partial charge on any atom is -0.309 e. The molecule has 0 unspecified atom stereocenters. The molecule has 0 atom stereocenters. The molecular weight excluding hydrogens is 597 g/mol. The summed E-state index contributed by atoms with van der Waals surface area (Å²) in [6, 6.07) is 49.1. The van der Waals surface area contributed by atoms with Gasteiger partial charge >= 0.3 is 0 Å². The standard InChI is InChI=1S/C41H26N4OS/c1-26-31-10-2-6-14-35(31)44(36-15-7-3-11-32(26)36)30-24-20-28(21-25-30)41-42-40(43-47-41)27-18-22-29(23-19-27)45-37-16-8-4-12-33(37)39(46)34-13-5-9-17-38(34)45/h2-25H,1H2. The topological polar surface area (TPSA) is 51.0 Å². The number of rotatable bonds is 4. The third-order valence-corrected chi connectivity index (χ3v) is 9.67. The maximum absolute atomic E-state index is 13.2. The Kier molecular flexibility index (Phi) is 6.23. The zero-order valence-corrected chi connectivity index (χ0v) is 26.0. The molecule has 1 aliphatic rings. The largest absolute Gasteiger partial charge is 0.309 e. The lowest BCUT2D eigenvalue weighted by molar-refractivity contribution is 1.16. The van der Waals surface area contributed by atoms with Crippen molar-refractivity contribution in [3.8, 4) is 27.6 Å². The molecule has 0 spiro atoms. The highest BCUT2D eigenvalue weighted by Crippen LogP contribution is 2.48. The maximum atomic E-state index is 13.2. The number of fused-ring (bicyclic) bond motifs is 4. The summed E-state index contributed by atoms with van der Waals surface area (Å²) in [6.45, 7) is 4.40. The number of nitrogens with zero attached hydrogens (tertiary/aromatic N) is 4. The second-order valence-electron chi connectivity index (χ2n) is 11.6. The molecule has 0 radical (unpaired) electrons. The zero-order chi connectivity index (χ0) is 31.5. The molecule has 47 heavy (non-hydrogen) atoms. The summed E-state index contributed by atoms with van der Waals surface area (Å²) in [5, 5.41) is 2.26. The number of pyridine rings is 1. The Morgan fingerprint density at radius 3 is 1.68 bits per heavy atom. The lowest BCUT2D eigenvalue weighted by Gasteiger charge is -2.34. The Morgan fingerprint density at radius 2 is 1.06 bits per heavy atom. The molecule has 0 amide bonds. The molecular formula is C41H26N4OS. The van der Waals surface area contributed by atoms with Crippen LogP contribution in [0.4, 0.5) is 17.1 Å². The van der Waals surface area contributed by atoms with Crippen molar-refractivity contribution in [2.75, 3.05) is 4.90 Å². The van der Waals surface area contributed by atoms with Gasteiger partial charge in [0.1, 0.15) is 5.01 Å². The monoisotopic (exact) mass is 622 g/mol. The first-order chi connectivity index (χ1) is 23.2. The maximum Gasteiger partial charge on any atom is 0.197 e. The molecule has 0 aliphatic carbocycles. The van der Waals surface area contributed by atoms with E-state index in [1.165, 1.54) is 11.5 Å². The summed E-state index contributed by atoms with van der Waals surface area (Å²) in [7, 11) is 0. The van der Waals surface area contributed by atoms with Gasteiger partial charge in [-0.2, -0.15) is 4.37 Å². The molecule has 0 fully saturated rings. The molecule has 1 aliphatic heterocycles. The van der Waals surface area contributed by atoms with Gasteiger partial charge in [0.2, 0.25) is 0 Å². The van der Waals surface area contributed by atoms with Gasteiger partial charge in [0, 0.05) is 44.4 Å². The van der Waals surface area contributed by atoms with E-state index in [1.807, 2.05) is 60.7 Å². The van der Waals surface area contributed by atoms with Crippen LogP contribution in [0.2, 0.25) is 0 Å². The van der Waals surface area contributed by atoms with Crippen LogP contribution in [0, 0.1) is 0 Å². The van der Waals surface area contributed by atoms with Gasteiger partial charge < -0.3 is 9.47 Å². The van der Waals surface area contributed by atoms with Crippen molar-refractivity contribution < 1.29 is 0 Å². The van der Waals surface area contributed by atoms with Crippen molar-refractivity contribution in [1.29, 1.82) is 0 Å². The van der Waals surface area contributed by atoms with Gasteiger partial charge in [-0.05, 0) is 102 Å². The van der Waals surface area contributed by atoms with Crippen LogP contribution in [-0.2, 0) is 0 Å². The molecule has 0 saturated heterocycles. The minimum absolute atomic E-state index is 0.0489. The van der Waals surface area contributed by atoms with E-state index in [-0.39, 0.29) is 5.43 Å². The van der Waals surface area contributed by atoms with E-state index >= 15 is 0 Å². The van der Waals surface area contributed by atoms with E-state index in [0.717, 1.165) is 66.6 Å². The Morgan fingerprint density at radius 1 is 0.553 bits per heavy atom. The SMILES string of the molecule is C=C1c2ccccc2N(c2ccc(-c3nc(-c4ccc(-n5c6ccccc6c(=O)c6ccccc65)cc4)ns3)cc2)c2ccccc21. The molecule has 2 aromatic heterocycles. The van der Waals surface area contributed by atoms with Gasteiger partial charge in [-0.25, -0.2) is 4.98 Å². The number of anilines is 3. The molecule has 9 rings (SSSR count). The highest BCUT2D eigenvalue weighted by molar-refractivity contribution is 7.09. The van der Waals surface area contributed by atoms with Gasteiger partial charge in [-0.15, -0.1) is 0 Å². The van der Waals surface area contributed by atoms with Gasteiger partial charge in [0.15, 0.2) is 11.3 Å². The number of hydrogen-bond acceptors (Lipinski definition) is 5. The molecule has 222 valence electrons. The van der Waals surface area contributed by atoms with Crippen LogP contribution in [0.1, 0.15) is 11.1 Å². The Bertz CT molecular complexity index is 2450. The summed E-state index contributed by atoms with van der Waals surface area (Å²) in [5.74, 6) is 0.688. The molecule has 0 N–H and O–H groups in total. The lowest BCUT2D eigenvalue weighted by Crippen LogP contribution is -2.17. The molecule has 0 bridgehead atoms. The average Bonchev–Trinajstić information content (AvgIpc) is 3.63. The quantitative estimate of drug-likeness (QED) is 0.183. The molecule has 5 nitrogen and oxygen atoms in total. The zero-order valence-electron chi connectivity index (χ0n) is 25.2. The minimum atomic E-state index is 0.0489. The predicted octanol–water partition coefficient (Wildman–Crippen LogP) is 10.2. The van der Waals surface area contributed by atoms with E-state index in [1.54, 1.807) is 0 Å². The van der Waals surface area contributed by atoms with E-state index in [4.69, 9.17) is 9.36 Å².